The molecule has 11 aromatic carbocycles. The Morgan fingerprint density at radius 1 is 0.287 bits per heavy atom. The fraction of sp³-hybridized carbons (Fsp3) is 0. The Morgan fingerprint density at radius 2 is 0.747 bits per heavy atom. The number of para-hydroxylation sites is 3. The molecular weight excluding hydrogens is 1060 g/mol. The molecule has 6 nitrogen and oxygen atoms in total. The van der Waals surface area contributed by atoms with Crippen LogP contribution >= 0.6 is 0 Å². The Bertz CT molecular complexity index is 5120. The first-order valence-corrected chi connectivity index (χ1v) is 29.3. The molecule has 6 heteroatoms. The fourth-order valence-corrected chi connectivity index (χ4v) is 12.5. The third kappa shape index (κ3) is 9.58. The van der Waals surface area contributed by atoms with Crippen LogP contribution in [-0.2, 0) is 0 Å². The first-order chi connectivity index (χ1) is 43.1. The molecule has 4 aromatic heterocycles. The Hall–Kier alpha value is -11.7. The number of benzene rings is 11. The summed E-state index contributed by atoms with van der Waals surface area (Å²) in [5.74, 6) is 1.70. The van der Waals surface area contributed by atoms with E-state index in [1.165, 1.54) is 10.8 Å². The first-order valence-electron chi connectivity index (χ1n) is 29.3. The molecule has 0 fully saturated rings. The van der Waals surface area contributed by atoms with Gasteiger partial charge in [-0.3, -0.25) is 0 Å². The summed E-state index contributed by atoms with van der Waals surface area (Å²) >= 11 is 0. The molecule has 15 aromatic rings. The average molecular weight is 1110 g/mol. The molecular formula is C81H56N6. The van der Waals surface area contributed by atoms with Crippen molar-refractivity contribution < 1.29 is 0 Å². The zero-order valence-electron chi connectivity index (χ0n) is 47.6. The van der Waals surface area contributed by atoms with Crippen LogP contribution < -0.4 is 0 Å². The zero-order valence-corrected chi connectivity index (χ0v) is 47.6. The summed E-state index contributed by atoms with van der Waals surface area (Å²) in [6, 6.07) is 95.3. The highest BCUT2D eigenvalue weighted by Crippen LogP contribution is 2.44. The molecule has 0 aliphatic rings. The van der Waals surface area contributed by atoms with Gasteiger partial charge in [0.25, 0.3) is 0 Å². The van der Waals surface area contributed by atoms with Crippen molar-refractivity contribution in [3.05, 3.63) is 328 Å². The molecule has 0 N–H and O–H groups in total. The molecule has 0 spiro atoms. The van der Waals surface area contributed by atoms with E-state index in [1.807, 2.05) is 42.5 Å². The van der Waals surface area contributed by atoms with Gasteiger partial charge in [-0.1, -0.05) is 232 Å². The van der Waals surface area contributed by atoms with E-state index in [1.54, 1.807) is 6.08 Å². The van der Waals surface area contributed by atoms with Gasteiger partial charge in [0.2, 0.25) is 0 Å². The summed E-state index contributed by atoms with van der Waals surface area (Å²) in [5.41, 5.74) is 19.7. The monoisotopic (exact) mass is 1110 g/mol. The smallest absolute Gasteiger partial charge is 0.164 e. The molecule has 0 saturated carbocycles. The maximum absolute atomic E-state index is 5.51. The van der Waals surface area contributed by atoms with Crippen molar-refractivity contribution in [2.24, 2.45) is 0 Å². The number of nitrogens with zero attached hydrogens (tertiary/aromatic N) is 6. The zero-order chi connectivity index (χ0) is 58.2. The van der Waals surface area contributed by atoms with E-state index in [9.17, 15) is 0 Å². The van der Waals surface area contributed by atoms with E-state index in [4.69, 9.17) is 15.0 Å². The number of aromatic nitrogens is 6. The van der Waals surface area contributed by atoms with E-state index in [2.05, 4.69) is 294 Å². The van der Waals surface area contributed by atoms with Crippen LogP contribution in [0, 0.1) is 0 Å². The Labute approximate surface area is 504 Å². The summed E-state index contributed by atoms with van der Waals surface area (Å²) in [5, 5.41) is 5.80. The second-order valence-electron chi connectivity index (χ2n) is 21.7. The van der Waals surface area contributed by atoms with Crippen molar-refractivity contribution in [1.29, 1.82) is 0 Å². The van der Waals surface area contributed by atoms with Crippen molar-refractivity contribution in [2.75, 3.05) is 0 Å². The highest BCUT2D eigenvalue weighted by molar-refractivity contribution is 6.13. The first kappa shape index (κ1) is 52.1. The molecule has 87 heavy (non-hydrogen) atoms. The molecule has 4 heterocycles. The summed E-state index contributed by atoms with van der Waals surface area (Å²) in [4.78, 5) is 16.2. The number of hydrogen-bond donors (Lipinski definition) is 0. The van der Waals surface area contributed by atoms with Crippen molar-refractivity contribution in [3.63, 3.8) is 0 Å². The second kappa shape index (κ2) is 22.4. The molecule has 0 radical (unpaired) electrons. The van der Waals surface area contributed by atoms with Crippen LogP contribution in [0.4, 0.5) is 0 Å². The van der Waals surface area contributed by atoms with Crippen LogP contribution in [0.15, 0.2) is 317 Å². The number of allylic oxidation sites excluding steroid dienone is 6. The van der Waals surface area contributed by atoms with Crippen LogP contribution in [0.2, 0.25) is 0 Å². The quantitative estimate of drug-likeness (QED) is 0.102. The lowest BCUT2D eigenvalue weighted by molar-refractivity contribution is 1.07. The lowest BCUT2D eigenvalue weighted by Gasteiger charge is -2.20. The molecule has 0 bridgehead atoms. The molecule has 0 atom stereocenters. The number of hydrogen-bond acceptors (Lipinski definition) is 3. The summed E-state index contributed by atoms with van der Waals surface area (Å²) < 4.78 is 7.23. The Morgan fingerprint density at radius 3 is 1.32 bits per heavy atom. The Balaban J connectivity index is 1.01. The van der Waals surface area contributed by atoms with Crippen LogP contribution in [0.1, 0.15) is 11.3 Å². The van der Waals surface area contributed by atoms with Crippen molar-refractivity contribution in [2.45, 2.75) is 0 Å². The lowest BCUT2D eigenvalue weighted by atomic mass is 9.95. The lowest BCUT2D eigenvalue weighted by Crippen LogP contribution is -2.04. The topological polar surface area (TPSA) is 53.5 Å². The summed E-state index contributed by atoms with van der Waals surface area (Å²) in [6.07, 6.45) is 16.0. The minimum Gasteiger partial charge on any atom is -0.310 e. The maximum atomic E-state index is 5.51. The van der Waals surface area contributed by atoms with Gasteiger partial charge >= 0.3 is 0 Å². The van der Waals surface area contributed by atoms with Gasteiger partial charge < -0.3 is 13.7 Å². The van der Waals surface area contributed by atoms with Gasteiger partial charge in [0, 0.05) is 66.3 Å². The second-order valence-corrected chi connectivity index (χ2v) is 21.7. The molecule has 0 aliphatic carbocycles. The average Bonchev–Trinajstić information content (AvgIpc) is 1.87. The summed E-state index contributed by atoms with van der Waals surface area (Å²) in [6.45, 7) is 8.04. The van der Waals surface area contributed by atoms with Crippen LogP contribution in [0.3, 0.4) is 0 Å². The molecule has 0 amide bonds. The van der Waals surface area contributed by atoms with E-state index < -0.39 is 0 Å². The number of fused-ring (bicyclic) bond motifs is 7. The van der Waals surface area contributed by atoms with Crippen LogP contribution in [0.5, 0.6) is 0 Å². The van der Waals surface area contributed by atoms with Gasteiger partial charge in [-0.25, -0.2) is 15.0 Å². The highest BCUT2D eigenvalue weighted by Gasteiger charge is 2.24. The third-order valence-corrected chi connectivity index (χ3v) is 16.4. The standard InChI is InChI=1S/C81H56N6/c1-3-5-7-12-36-60-47-64(81-83-79(58-33-19-11-20-34-58)82-80(84-81)63-49-61(55-27-13-8-14-28-55)48-62(50-63)56-29-15-9-16-30-56)52-70(57-31-17-10-18-32-57)78(60)87-76-45-43-66(85-65(37-6-4-2)51-59-35-21-24-40-73(59)85)53-71(76)72-54-67(44-46-77(72)87)86-74-41-25-22-38-68(74)69-39-23-26-42-75(69)86/h3-54H,1-2H2/b7-5-,36-12+,37-6-. The SMILES string of the molecule is C=C/C=C\C=C\c1cc(-c2nc(-c3ccccc3)nc(-c3cc(-c4ccccc4)cc(-c4ccccc4)c3)n2)cc(-c2ccccc2)c1-n1c2ccc(-n3c(/C=C\C=C)cc4ccccc43)cc2c2cc(-n3c4ccccc4c4ccccc43)ccc21. The largest absolute Gasteiger partial charge is 0.310 e. The van der Waals surface area contributed by atoms with Crippen molar-refractivity contribution >= 4 is 66.7 Å². The van der Waals surface area contributed by atoms with Gasteiger partial charge in [-0.15, -0.1) is 0 Å². The van der Waals surface area contributed by atoms with Crippen LogP contribution in [-0.4, -0.2) is 28.7 Å². The van der Waals surface area contributed by atoms with Gasteiger partial charge in [-0.2, -0.15) is 0 Å². The van der Waals surface area contributed by atoms with E-state index in [-0.39, 0.29) is 0 Å². The Kier molecular flexibility index (Phi) is 13.4. The summed E-state index contributed by atoms with van der Waals surface area (Å²) in [7, 11) is 0. The van der Waals surface area contributed by atoms with E-state index in [0.717, 1.165) is 122 Å². The van der Waals surface area contributed by atoms with Gasteiger partial charge in [0.05, 0.1) is 33.3 Å². The minimum absolute atomic E-state index is 0.549. The van der Waals surface area contributed by atoms with Crippen molar-refractivity contribution in [1.82, 2.24) is 28.7 Å². The molecule has 15 rings (SSSR count). The normalized spacial score (nSPS) is 11.9. The van der Waals surface area contributed by atoms with E-state index >= 15 is 0 Å². The predicted octanol–water partition coefficient (Wildman–Crippen LogP) is 21.0. The molecule has 0 saturated heterocycles. The predicted molar refractivity (Wildman–Crippen MR) is 366 cm³/mol. The molecule has 410 valence electrons. The number of rotatable bonds is 14. The molecule has 0 unspecified atom stereocenters. The van der Waals surface area contributed by atoms with Gasteiger partial charge in [0.15, 0.2) is 17.5 Å². The third-order valence-electron chi connectivity index (χ3n) is 16.4. The van der Waals surface area contributed by atoms with Crippen LogP contribution in [0.25, 0.3) is 151 Å². The van der Waals surface area contributed by atoms with Crippen molar-refractivity contribution in [3.8, 4) is 84.6 Å². The molecule has 0 aliphatic heterocycles. The van der Waals surface area contributed by atoms with E-state index in [0.29, 0.717) is 17.5 Å². The van der Waals surface area contributed by atoms with Gasteiger partial charge in [-0.05, 0) is 130 Å². The minimum atomic E-state index is 0.549. The maximum Gasteiger partial charge on any atom is 0.164 e. The fourth-order valence-electron chi connectivity index (χ4n) is 12.5. The highest BCUT2D eigenvalue weighted by atomic mass is 15.0. The van der Waals surface area contributed by atoms with Gasteiger partial charge in [0.1, 0.15) is 0 Å².